The van der Waals surface area contributed by atoms with Gasteiger partial charge < -0.3 is 5.21 Å². The van der Waals surface area contributed by atoms with Gasteiger partial charge in [-0.15, -0.1) is 4.73 Å². The lowest BCUT2D eigenvalue weighted by atomic mass is 10.4. The highest BCUT2D eigenvalue weighted by molar-refractivity contribution is 6.67. The topological polar surface area (TPSA) is 59.3 Å². The molecule has 58 valence electrons. The Labute approximate surface area is 66.6 Å². The molecule has 5 heteroatoms. The summed E-state index contributed by atoms with van der Waals surface area (Å²) in [5, 5.41) is 8.00. The lowest BCUT2D eigenvalue weighted by Crippen LogP contribution is -2.20. The Morgan fingerprint density at radius 3 is 2.64 bits per heavy atom. The lowest BCUT2D eigenvalue weighted by molar-refractivity contribution is 0.102. The van der Waals surface area contributed by atoms with E-state index in [1.54, 1.807) is 0 Å². The molecule has 11 heavy (non-hydrogen) atoms. The molecule has 0 bridgehead atoms. The van der Waals surface area contributed by atoms with Gasteiger partial charge in [-0.05, 0) is 17.7 Å². The van der Waals surface area contributed by atoms with E-state index in [0.717, 1.165) is 6.07 Å². The highest BCUT2D eigenvalue weighted by Crippen LogP contribution is 1.97. The van der Waals surface area contributed by atoms with Crippen molar-refractivity contribution in [2.24, 2.45) is 0 Å². The summed E-state index contributed by atoms with van der Waals surface area (Å²) in [4.78, 5) is 21.1. The van der Waals surface area contributed by atoms with Crippen LogP contribution < -0.4 is 5.56 Å². The molecule has 0 radical (unpaired) electrons. The number of hydrogen-bond donors (Lipinski definition) is 1. The maximum Gasteiger partial charge on any atom is 0.283 e. The first-order valence-electron chi connectivity index (χ1n) is 2.74. The van der Waals surface area contributed by atoms with E-state index in [1.807, 2.05) is 0 Å². The van der Waals surface area contributed by atoms with Gasteiger partial charge in [0.05, 0.1) is 0 Å². The van der Waals surface area contributed by atoms with Gasteiger partial charge in [0.15, 0.2) is 0 Å². The zero-order chi connectivity index (χ0) is 8.43. The molecular weight excluding hydrogens is 170 g/mol. The van der Waals surface area contributed by atoms with Crippen LogP contribution in [0.25, 0.3) is 0 Å². The van der Waals surface area contributed by atoms with Crippen LogP contribution in [0.15, 0.2) is 23.0 Å². The number of carbonyl (C=O) groups excluding carboxylic acids is 1. The van der Waals surface area contributed by atoms with Crippen LogP contribution in [0.3, 0.4) is 0 Å². The van der Waals surface area contributed by atoms with Crippen molar-refractivity contribution in [3.63, 3.8) is 0 Å². The Morgan fingerprint density at radius 1 is 1.55 bits per heavy atom. The van der Waals surface area contributed by atoms with Gasteiger partial charge in [-0.25, -0.2) is 0 Å². The van der Waals surface area contributed by atoms with Crippen LogP contribution in [0.5, 0.6) is 0 Å². The average molecular weight is 174 g/mol. The minimum atomic E-state index is -0.870. The maximum absolute atomic E-state index is 10.6. The van der Waals surface area contributed by atoms with Crippen molar-refractivity contribution in [3.05, 3.63) is 34.2 Å². The van der Waals surface area contributed by atoms with Gasteiger partial charge in [-0.2, -0.15) is 0 Å². The van der Waals surface area contributed by atoms with Crippen molar-refractivity contribution in [3.8, 4) is 0 Å². The van der Waals surface area contributed by atoms with E-state index >= 15 is 0 Å². The summed E-state index contributed by atoms with van der Waals surface area (Å²) < 4.78 is 0.204. The molecule has 0 saturated carbocycles. The summed E-state index contributed by atoms with van der Waals surface area (Å²) in [6.45, 7) is 0. The van der Waals surface area contributed by atoms with E-state index < -0.39 is 10.8 Å². The predicted molar refractivity (Wildman–Crippen MR) is 38.1 cm³/mol. The molecule has 1 N–H and O–H groups in total. The van der Waals surface area contributed by atoms with E-state index in [9.17, 15) is 9.59 Å². The molecule has 0 spiro atoms. The van der Waals surface area contributed by atoms with Gasteiger partial charge in [-0.3, -0.25) is 9.59 Å². The number of halogens is 1. The normalized spacial score (nSPS) is 9.55. The Morgan fingerprint density at radius 2 is 2.18 bits per heavy atom. The molecule has 0 aliphatic rings. The molecule has 0 aromatic carbocycles. The molecule has 0 atom stereocenters. The Kier molecular flexibility index (Phi) is 1.96. The highest BCUT2D eigenvalue weighted by atomic mass is 35.5. The van der Waals surface area contributed by atoms with Gasteiger partial charge in [-0.1, -0.05) is 6.07 Å². The second-order valence-corrected chi connectivity index (χ2v) is 2.18. The molecule has 1 aromatic rings. The molecular formula is C6H4ClNO3. The Hall–Kier alpha value is -1.29. The maximum atomic E-state index is 10.6. The van der Waals surface area contributed by atoms with Crippen LogP contribution in [0.2, 0.25) is 0 Å². The van der Waals surface area contributed by atoms with Crippen molar-refractivity contribution in [1.82, 2.24) is 4.73 Å². The molecule has 0 saturated heterocycles. The van der Waals surface area contributed by atoms with Crippen molar-refractivity contribution in [2.75, 3.05) is 0 Å². The molecule has 1 rings (SSSR count). The predicted octanol–water partition coefficient (Wildman–Crippen LogP) is 0.465. The minimum Gasteiger partial charge on any atom is -0.425 e. The Bertz CT molecular complexity index is 344. The SMILES string of the molecule is O=C(Cl)c1cccc(=O)n1O. The van der Waals surface area contributed by atoms with Crippen molar-refractivity contribution < 1.29 is 10.0 Å². The summed E-state index contributed by atoms with van der Waals surface area (Å²) >= 11 is 5.02. The largest absolute Gasteiger partial charge is 0.425 e. The van der Waals surface area contributed by atoms with Crippen LogP contribution in [0.4, 0.5) is 0 Å². The monoisotopic (exact) mass is 173 g/mol. The standard InChI is InChI=1S/C6H4ClNO3/c7-6(10)4-2-1-3-5(9)8(4)11/h1-3,11H. The number of hydrogen-bond acceptors (Lipinski definition) is 3. The number of pyridine rings is 1. The molecule has 1 heterocycles. The van der Waals surface area contributed by atoms with Crippen LogP contribution in [-0.4, -0.2) is 15.2 Å². The fraction of sp³-hybridized carbons (Fsp3) is 0. The van der Waals surface area contributed by atoms with E-state index in [1.165, 1.54) is 12.1 Å². The van der Waals surface area contributed by atoms with Crippen LogP contribution in [-0.2, 0) is 0 Å². The summed E-state index contributed by atoms with van der Waals surface area (Å²) in [5.41, 5.74) is -0.921. The first-order chi connectivity index (χ1) is 5.13. The summed E-state index contributed by atoms with van der Waals surface area (Å²) in [6, 6.07) is 3.70. The first kappa shape index (κ1) is 7.81. The summed E-state index contributed by atoms with van der Waals surface area (Å²) in [5.74, 6) is 0. The molecule has 0 amide bonds. The first-order valence-corrected chi connectivity index (χ1v) is 3.12. The van der Waals surface area contributed by atoms with Gasteiger partial charge in [0.1, 0.15) is 5.69 Å². The third-order valence-electron chi connectivity index (χ3n) is 1.13. The number of aromatic nitrogens is 1. The number of nitrogens with zero attached hydrogens (tertiary/aromatic N) is 1. The number of rotatable bonds is 1. The lowest BCUT2D eigenvalue weighted by Gasteiger charge is -1.98. The van der Waals surface area contributed by atoms with E-state index in [2.05, 4.69) is 0 Å². The fourth-order valence-electron chi connectivity index (χ4n) is 0.630. The quantitative estimate of drug-likeness (QED) is 0.496. The molecule has 0 aliphatic heterocycles. The zero-order valence-corrected chi connectivity index (χ0v) is 6.08. The Balaban J connectivity index is 3.39. The molecule has 0 aliphatic carbocycles. The molecule has 0 unspecified atom stereocenters. The second kappa shape index (κ2) is 2.75. The van der Waals surface area contributed by atoms with Crippen molar-refractivity contribution in [1.29, 1.82) is 0 Å². The van der Waals surface area contributed by atoms with E-state index in [0.29, 0.717) is 0 Å². The second-order valence-electron chi connectivity index (χ2n) is 1.83. The third-order valence-corrected chi connectivity index (χ3v) is 1.32. The van der Waals surface area contributed by atoms with Crippen molar-refractivity contribution >= 4 is 16.8 Å². The third kappa shape index (κ3) is 1.40. The van der Waals surface area contributed by atoms with E-state index in [4.69, 9.17) is 16.8 Å². The summed E-state index contributed by atoms with van der Waals surface area (Å²) in [7, 11) is 0. The van der Waals surface area contributed by atoms with Crippen LogP contribution in [0, 0.1) is 0 Å². The van der Waals surface area contributed by atoms with Gasteiger partial charge in [0.25, 0.3) is 10.8 Å². The number of carbonyl (C=O) groups is 1. The van der Waals surface area contributed by atoms with Gasteiger partial charge in [0, 0.05) is 6.07 Å². The van der Waals surface area contributed by atoms with Crippen molar-refractivity contribution in [2.45, 2.75) is 0 Å². The van der Waals surface area contributed by atoms with Gasteiger partial charge >= 0.3 is 0 Å². The molecule has 1 aromatic heterocycles. The van der Waals surface area contributed by atoms with Crippen LogP contribution >= 0.6 is 11.6 Å². The fourth-order valence-corrected chi connectivity index (χ4v) is 0.773. The highest BCUT2D eigenvalue weighted by Gasteiger charge is 2.06. The zero-order valence-electron chi connectivity index (χ0n) is 5.32. The summed E-state index contributed by atoms with van der Waals surface area (Å²) in [6.07, 6.45) is 0. The smallest absolute Gasteiger partial charge is 0.283 e. The molecule has 4 nitrogen and oxygen atoms in total. The van der Waals surface area contributed by atoms with Crippen LogP contribution in [0.1, 0.15) is 10.5 Å². The minimum absolute atomic E-state index is 0.204. The van der Waals surface area contributed by atoms with E-state index in [-0.39, 0.29) is 10.4 Å². The van der Waals surface area contributed by atoms with Gasteiger partial charge in [0.2, 0.25) is 0 Å². The molecule has 0 fully saturated rings. The average Bonchev–Trinajstić information content (AvgIpc) is 1.94.